The molecule has 0 spiro atoms. The fourth-order valence-corrected chi connectivity index (χ4v) is 4.01. The molecule has 32 heavy (non-hydrogen) atoms. The molecule has 0 aliphatic rings. The third-order valence-electron chi connectivity index (χ3n) is 4.90. The molecule has 1 amide bonds. The van der Waals surface area contributed by atoms with Crippen LogP contribution in [0.2, 0.25) is 0 Å². The number of aryl methyl sites for hydroxylation is 1. The Kier molecular flexibility index (Phi) is 5.39. The minimum atomic E-state index is -0.219. The summed E-state index contributed by atoms with van der Waals surface area (Å²) >= 11 is 1.51. The van der Waals surface area contributed by atoms with E-state index in [0.29, 0.717) is 17.8 Å². The Hall–Kier alpha value is -3.98. The molecule has 0 saturated carbocycles. The van der Waals surface area contributed by atoms with E-state index in [1.807, 2.05) is 77.0 Å². The van der Waals surface area contributed by atoms with Crippen LogP contribution in [0.3, 0.4) is 0 Å². The van der Waals surface area contributed by atoms with Crippen molar-refractivity contribution in [3.63, 3.8) is 0 Å². The van der Waals surface area contributed by atoms with Crippen molar-refractivity contribution in [2.24, 2.45) is 7.05 Å². The molecule has 0 saturated heterocycles. The first kappa shape index (κ1) is 20.0. The fourth-order valence-electron chi connectivity index (χ4n) is 3.25. The van der Waals surface area contributed by atoms with E-state index in [-0.39, 0.29) is 5.91 Å². The molecule has 1 N–H and O–H groups in total. The highest BCUT2D eigenvalue weighted by atomic mass is 32.2. The highest BCUT2D eigenvalue weighted by molar-refractivity contribution is 7.99. The van der Waals surface area contributed by atoms with Gasteiger partial charge < -0.3 is 9.88 Å². The lowest BCUT2D eigenvalue weighted by atomic mass is 10.2. The van der Waals surface area contributed by atoms with Gasteiger partial charge in [-0.3, -0.25) is 4.79 Å². The molecule has 158 valence electrons. The zero-order valence-corrected chi connectivity index (χ0v) is 18.0. The van der Waals surface area contributed by atoms with E-state index in [4.69, 9.17) is 0 Å². The first-order valence-electron chi connectivity index (χ1n) is 9.94. The van der Waals surface area contributed by atoms with Crippen LogP contribution in [0.25, 0.3) is 11.0 Å². The molecule has 3 aromatic heterocycles. The molecule has 0 bridgehead atoms. The average molecular weight is 442 g/mol. The fraction of sp³-hybridized carbons (Fsp3) is 0.0870. The highest BCUT2D eigenvalue weighted by Gasteiger charge is 2.12. The first-order chi connectivity index (χ1) is 15.7. The van der Waals surface area contributed by atoms with Gasteiger partial charge in [0.15, 0.2) is 10.8 Å². The van der Waals surface area contributed by atoms with Gasteiger partial charge in [0.1, 0.15) is 6.33 Å². The van der Waals surface area contributed by atoms with Crippen LogP contribution in [-0.4, -0.2) is 35.4 Å². The number of rotatable bonds is 6. The Balaban J connectivity index is 1.28. The molecule has 9 heteroatoms. The molecule has 0 aliphatic carbocycles. The van der Waals surface area contributed by atoms with Gasteiger partial charge in [-0.1, -0.05) is 30.3 Å². The standard InChI is InChI=1S/C23H19N7OS/c1-29-15-25-28-23(29)32-20-9-7-19(8-10-20)27-22(31)18-11-17-13-26-30(21(17)24-12-18)14-16-5-3-2-4-6-16/h2-13,15H,14H2,1H3,(H,27,31). The van der Waals surface area contributed by atoms with E-state index in [1.54, 1.807) is 18.7 Å². The van der Waals surface area contributed by atoms with Gasteiger partial charge in [-0.25, -0.2) is 9.67 Å². The second kappa shape index (κ2) is 8.64. The van der Waals surface area contributed by atoms with Gasteiger partial charge in [-0.15, -0.1) is 10.2 Å². The van der Waals surface area contributed by atoms with E-state index in [2.05, 4.69) is 25.6 Å². The van der Waals surface area contributed by atoms with Gasteiger partial charge in [0, 0.05) is 29.2 Å². The predicted molar refractivity (Wildman–Crippen MR) is 123 cm³/mol. The van der Waals surface area contributed by atoms with Gasteiger partial charge in [0.25, 0.3) is 5.91 Å². The molecule has 0 unspecified atom stereocenters. The number of hydrogen-bond acceptors (Lipinski definition) is 6. The van der Waals surface area contributed by atoms with E-state index in [9.17, 15) is 4.79 Å². The van der Waals surface area contributed by atoms with Gasteiger partial charge in [0.2, 0.25) is 0 Å². The summed E-state index contributed by atoms with van der Waals surface area (Å²) in [5, 5.41) is 16.9. The van der Waals surface area contributed by atoms with Crippen molar-refractivity contribution in [3.8, 4) is 0 Å². The summed E-state index contributed by atoms with van der Waals surface area (Å²) in [6.45, 7) is 0.627. The van der Waals surface area contributed by atoms with Crippen molar-refractivity contribution < 1.29 is 4.79 Å². The molecular formula is C23H19N7OS. The zero-order valence-electron chi connectivity index (χ0n) is 17.2. The third-order valence-corrected chi connectivity index (χ3v) is 5.96. The summed E-state index contributed by atoms with van der Waals surface area (Å²) in [4.78, 5) is 18.2. The van der Waals surface area contributed by atoms with E-state index >= 15 is 0 Å². The Labute approximate surface area is 188 Å². The number of pyridine rings is 1. The van der Waals surface area contributed by atoms with Crippen molar-refractivity contribution in [2.75, 3.05) is 5.32 Å². The van der Waals surface area contributed by atoms with Crippen LogP contribution in [-0.2, 0) is 13.6 Å². The number of amides is 1. The molecule has 2 aromatic carbocycles. The number of hydrogen-bond donors (Lipinski definition) is 1. The summed E-state index contributed by atoms with van der Waals surface area (Å²) in [7, 11) is 1.90. The van der Waals surface area contributed by atoms with Crippen molar-refractivity contribution in [1.29, 1.82) is 0 Å². The van der Waals surface area contributed by atoms with Crippen LogP contribution in [0.4, 0.5) is 5.69 Å². The molecule has 8 nitrogen and oxygen atoms in total. The number of fused-ring (bicyclic) bond motifs is 1. The Morgan fingerprint density at radius 3 is 2.62 bits per heavy atom. The Bertz CT molecular complexity index is 1380. The lowest BCUT2D eigenvalue weighted by Gasteiger charge is -2.07. The Morgan fingerprint density at radius 2 is 1.88 bits per heavy atom. The summed E-state index contributed by atoms with van der Waals surface area (Å²) in [6, 6.07) is 19.5. The zero-order chi connectivity index (χ0) is 21.9. The number of nitrogens with zero attached hydrogens (tertiary/aromatic N) is 6. The highest BCUT2D eigenvalue weighted by Crippen LogP contribution is 2.26. The van der Waals surface area contributed by atoms with Gasteiger partial charge >= 0.3 is 0 Å². The van der Waals surface area contributed by atoms with E-state index in [1.165, 1.54) is 11.8 Å². The smallest absolute Gasteiger partial charge is 0.257 e. The number of carbonyl (C=O) groups excluding carboxylic acids is 1. The van der Waals surface area contributed by atoms with Gasteiger partial charge in [-0.2, -0.15) is 5.10 Å². The lowest BCUT2D eigenvalue weighted by Crippen LogP contribution is -2.12. The summed E-state index contributed by atoms with van der Waals surface area (Å²) in [5.74, 6) is -0.219. The first-order valence-corrected chi connectivity index (χ1v) is 10.8. The van der Waals surface area contributed by atoms with Crippen LogP contribution < -0.4 is 5.32 Å². The summed E-state index contributed by atoms with van der Waals surface area (Å²) in [5.41, 5.74) is 3.07. The minimum absolute atomic E-state index is 0.219. The number of anilines is 1. The second-order valence-electron chi connectivity index (χ2n) is 7.23. The largest absolute Gasteiger partial charge is 0.322 e. The maximum absolute atomic E-state index is 12.7. The number of aromatic nitrogens is 6. The molecule has 0 atom stereocenters. The number of benzene rings is 2. The normalized spacial score (nSPS) is 11.0. The van der Waals surface area contributed by atoms with Crippen molar-refractivity contribution in [2.45, 2.75) is 16.6 Å². The third kappa shape index (κ3) is 4.23. The van der Waals surface area contributed by atoms with Crippen molar-refractivity contribution in [1.82, 2.24) is 29.5 Å². The number of carbonyl (C=O) groups is 1. The number of nitrogens with one attached hydrogen (secondary N) is 1. The maximum atomic E-state index is 12.7. The van der Waals surface area contributed by atoms with Crippen LogP contribution in [0, 0.1) is 0 Å². The average Bonchev–Trinajstić information content (AvgIpc) is 3.41. The van der Waals surface area contributed by atoms with E-state index in [0.717, 1.165) is 26.6 Å². The van der Waals surface area contributed by atoms with Gasteiger partial charge in [-0.05, 0) is 47.7 Å². The quantitative estimate of drug-likeness (QED) is 0.428. The molecular weight excluding hydrogens is 422 g/mol. The van der Waals surface area contributed by atoms with E-state index < -0.39 is 0 Å². The lowest BCUT2D eigenvalue weighted by molar-refractivity contribution is 0.102. The maximum Gasteiger partial charge on any atom is 0.257 e. The van der Waals surface area contributed by atoms with Crippen LogP contribution in [0.5, 0.6) is 0 Å². The summed E-state index contributed by atoms with van der Waals surface area (Å²) in [6.07, 6.45) is 4.98. The van der Waals surface area contributed by atoms with Crippen LogP contribution in [0.1, 0.15) is 15.9 Å². The second-order valence-corrected chi connectivity index (χ2v) is 8.27. The summed E-state index contributed by atoms with van der Waals surface area (Å²) < 4.78 is 3.69. The SMILES string of the molecule is Cn1cnnc1Sc1ccc(NC(=O)c2cnc3c(cnn3Cc3ccccc3)c2)cc1. The topological polar surface area (TPSA) is 90.5 Å². The predicted octanol–water partition coefficient (Wildman–Crippen LogP) is 4.01. The van der Waals surface area contributed by atoms with Crippen molar-refractivity contribution in [3.05, 3.63) is 90.5 Å². The molecule has 0 aliphatic heterocycles. The molecule has 5 aromatic rings. The minimum Gasteiger partial charge on any atom is -0.322 e. The molecule has 0 fully saturated rings. The molecule has 5 rings (SSSR count). The van der Waals surface area contributed by atoms with Crippen molar-refractivity contribution >= 4 is 34.4 Å². The van der Waals surface area contributed by atoms with Crippen LogP contribution >= 0.6 is 11.8 Å². The molecule has 0 radical (unpaired) electrons. The van der Waals surface area contributed by atoms with Crippen LogP contribution in [0.15, 0.2) is 89.4 Å². The monoisotopic (exact) mass is 441 g/mol. The Morgan fingerprint density at radius 1 is 1.06 bits per heavy atom. The van der Waals surface area contributed by atoms with Gasteiger partial charge in [0.05, 0.1) is 18.3 Å². The molecule has 3 heterocycles.